The second-order valence-electron chi connectivity index (χ2n) is 4.22. The van der Waals surface area contributed by atoms with E-state index < -0.39 is 0 Å². The van der Waals surface area contributed by atoms with Crippen molar-refractivity contribution < 1.29 is 9.47 Å². The quantitative estimate of drug-likeness (QED) is 0.612. The molecule has 108 valence electrons. The Hall–Kier alpha value is -1.54. The van der Waals surface area contributed by atoms with Gasteiger partial charge >= 0.3 is 0 Å². The predicted molar refractivity (Wildman–Crippen MR) is 89.7 cm³/mol. The van der Waals surface area contributed by atoms with Gasteiger partial charge in [-0.3, -0.25) is 4.57 Å². The molecule has 3 rings (SSSR count). The van der Waals surface area contributed by atoms with Crippen molar-refractivity contribution in [1.29, 1.82) is 0 Å². The molecule has 0 saturated carbocycles. The van der Waals surface area contributed by atoms with Gasteiger partial charge in [0, 0.05) is 28.8 Å². The zero-order valence-electron chi connectivity index (χ0n) is 11.3. The maximum absolute atomic E-state index is 6.22. The molecule has 0 atom stereocenters. The third kappa shape index (κ3) is 2.42. The SMILES string of the molecule is COc1ccc(-n2c(I)nc3ccnc(OC)c32)cc1Cl. The standard InChI is InChI=1S/C14H11ClIN3O2/c1-20-11-4-3-8(7-9(11)15)19-12-10(18-14(19)16)5-6-17-13(12)21-2/h3-7H,1-2H3. The van der Waals surface area contributed by atoms with Crippen LogP contribution >= 0.6 is 34.2 Å². The number of nitrogens with zero attached hydrogens (tertiary/aromatic N) is 3. The fourth-order valence-corrected chi connectivity index (χ4v) is 3.18. The minimum absolute atomic E-state index is 0.523. The molecular formula is C14H11ClIN3O2. The summed E-state index contributed by atoms with van der Waals surface area (Å²) < 4.78 is 13.3. The van der Waals surface area contributed by atoms with Crippen LogP contribution < -0.4 is 9.47 Å². The zero-order valence-corrected chi connectivity index (χ0v) is 14.2. The van der Waals surface area contributed by atoms with Gasteiger partial charge in [-0.15, -0.1) is 0 Å². The molecule has 21 heavy (non-hydrogen) atoms. The lowest BCUT2D eigenvalue weighted by Gasteiger charge is -2.10. The van der Waals surface area contributed by atoms with Gasteiger partial charge in [-0.2, -0.15) is 0 Å². The largest absolute Gasteiger partial charge is 0.495 e. The molecule has 0 saturated heterocycles. The predicted octanol–water partition coefficient (Wildman–Crippen LogP) is 3.70. The molecule has 3 aromatic rings. The molecule has 0 aliphatic rings. The Morgan fingerprint density at radius 3 is 2.67 bits per heavy atom. The van der Waals surface area contributed by atoms with Gasteiger partial charge in [0.05, 0.1) is 30.4 Å². The van der Waals surface area contributed by atoms with E-state index in [2.05, 4.69) is 32.6 Å². The van der Waals surface area contributed by atoms with Crippen molar-refractivity contribution in [2.45, 2.75) is 0 Å². The Kier molecular flexibility index (Phi) is 3.90. The molecule has 0 aliphatic heterocycles. The summed E-state index contributed by atoms with van der Waals surface area (Å²) in [5.41, 5.74) is 2.50. The number of imidazole rings is 1. The van der Waals surface area contributed by atoms with Crippen LogP contribution in [0.5, 0.6) is 11.6 Å². The van der Waals surface area contributed by atoms with Gasteiger partial charge in [0.1, 0.15) is 11.3 Å². The van der Waals surface area contributed by atoms with Crippen LogP contribution in [0.15, 0.2) is 30.5 Å². The lowest BCUT2D eigenvalue weighted by atomic mass is 10.3. The average Bonchev–Trinajstić information content (AvgIpc) is 2.82. The summed E-state index contributed by atoms with van der Waals surface area (Å²) in [6, 6.07) is 7.42. The second kappa shape index (κ2) is 5.69. The molecule has 0 fully saturated rings. The third-order valence-electron chi connectivity index (χ3n) is 3.08. The molecule has 0 unspecified atom stereocenters. The summed E-state index contributed by atoms with van der Waals surface area (Å²) in [6.07, 6.45) is 1.68. The maximum atomic E-state index is 6.22. The first-order valence-corrected chi connectivity index (χ1v) is 7.52. The van der Waals surface area contributed by atoms with Gasteiger partial charge in [0.2, 0.25) is 5.88 Å². The molecule has 7 heteroatoms. The van der Waals surface area contributed by atoms with E-state index in [1.165, 1.54) is 0 Å². The van der Waals surface area contributed by atoms with E-state index in [9.17, 15) is 0 Å². The van der Waals surface area contributed by atoms with Crippen molar-refractivity contribution in [2.75, 3.05) is 14.2 Å². The highest BCUT2D eigenvalue weighted by Gasteiger charge is 2.16. The van der Waals surface area contributed by atoms with Gasteiger partial charge in [0.25, 0.3) is 0 Å². The number of rotatable bonds is 3. The highest BCUT2D eigenvalue weighted by Crippen LogP contribution is 2.32. The fraction of sp³-hybridized carbons (Fsp3) is 0.143. The van der Waals surface area contributed by atoms with Crippen molar-refractivity contribution in [1.82, 2.24) is 14.5 Å². The van der Waals surface area contributed by atoms with Gasteiger partial charge in [-0.1, -0.05) is 11.6 Å². The smallest absolute Gasteiger partial charge is 0.240 e. The van der Waals surface area contributed by atoms with Crippen LogP contribution in [0.4, 0.5) is 0 Å². The number of ether oxygens (including phenoxy) is 2. The van der Waals surface area contributed by atoms with E-state index >= 15 is 0 Å². The fourth-order valence-electron chi connectivity index (χ4n) is 2.15. The summed E-state index contributed by atoms with van der Waals surface area (Å²) in [4.78, 5) is 8.76. The van der Waals surface area contributed by atoms with Gasteiger partial charge in [-0.25, -0.2) is 9.97 Å². The summed E-state index contributed by atoms with van der Waals surface area (Å²) in [7, 11) is 3.18. The van der Waals surface area contributed by atoms with Crippen LogP contribution in [-0.4, -0.2) is 28.8 Å². The van der Waals surface area contributed by atoms with Crippen molar-refractivity contribution in [2.24, 2.45) is 0 Å². The first kappa shape index (κ1) is 14.4. The maximum Gasteiger partial charge on any atom is 0.240 e. The van der Waals surface area contributed by atoms with E-state index in [-0.39, 0.29) is 0 Å². The Balaban J connectivity index is 2.29. The number of hydrogen-bond acceptors (Lipinski definition) is 4. The lowest BCUT2D eigenvalue weighted by molar-refractivity contribution is 0.402. The van der Waals surface area contributed by atoms with Crippen LogP contribution in [0, 0.1) is 3.83 Å². The Morgan fingerprint density at radius 1 is 1.19 bits per heavy atom. The highest BCUT2D eigenvalue weighted by atomic mass is 127. The number of fused-ring (bicyclic) bond motifs is 1. The summed E-state index contributed by atoms with van der Waals surface area (Å²) in [5.74, 6) is 1.15. The second-order valence-corrected chi connectivity index (χ2v) is 5.60. The van der Waals surface area contributed by atoms with Crippen LogP contribution in [0.2, 0.25) is 5.02 Å². The van der Waals surface area contributed by atoms with Crippen LogP contribution in [0.3, 0.4) is 0 Å². The number of aromatic nitrogens is 3. The minimum atomic E-state index is 0.523. The van der Waals surface area contributed by atoms with Crippen LogP contribution in [0.1, 0.15) is 0 Å². The number of pyridine rings is 1. The van der Waals surface area contributed by atoms with E-state index in [0.717, 1.165) is 20.6 Å². The molecule has 0 radical (unpaired) electrons. The summed E-state index contributed by atoms with van der Waals surface area (Å²) in [6.45, 7) is 0. The molecule has 0 amide bonds. The molecule has 5 nitrogen and oxygen atoms in total. The number of methoxy groups -OCH3 is 2. The Labute approximate surface area is 140 Å². The van der Waals surface area contributed by atoms with Crippen molar-refractivity contribution >= 4 is 45.2 Å². The summed E-state index contributed by atoms with van der Waals surface area (Å²) in [5, 5.41) is 0.538. The lowest BCUT2D eigenvalue weighted by Crippen LogP contribution is -2.00. The first-order valence-electron chi connectivity index (χ1n) is 6.06. The van der Waals surface area contributed by atoms with E-state index in [1.807, 2.05) is 28.8 Å². The average molecular weight is 416 g/mol. The van der Waals surface area contributed by atoms with Gasteiger partial charge in [0.15, 0.2) is 3.83 Å². The number of halogens is 2. The van der Waals surface area contributed by atoms with Crippen molar-refractivity contribution in [3.05, 3.63) is 39.3 Å². The van der Waals surface area contributed by atoms with Crippen LogP contribution in [0.25, 0.3) is 16.7 Å². The molecular weight excluding hydrogens is 405 g/mol. The van der Waals surface area contributed by atoms with Crippen molar-refractivity contribution in [3.8, 4) is 17.3 Å². The van der Waals surface area contributed by atoms with Gasteiger partial charge in [-0.05, 0) is 24.3 Å². The minimum Gasteiger partial charge on any atom is -0.495 e. The Bertz CT molecular complexity index is 819. The van der Waals surface area contributed by atoms with Gasteiger partial charge < -0.3 is 9.47 Å². The van der Waals surface area contributed by atoms with E-state index in [0.29, 0.717) is 16.7 Å². The third-order valence-corrected chi connectivity index (χ3v) is 4.10. The molecule has 0 spiro atoms. The molecule has 0 N–H and O–H groups in total. The zero-order chi connectivity index (χ0) is 15.0. The number of hydrogen-bond donors (Lipinski definition) is 0. The molecule has 1 aromatic carbocycles. The van der Waals surface area contributed by atoms with E-state index in [4.69, 9.17) is 21.1 Å². The van der Waals surface area contributed by atoms with E-state index in [1.54, 1.807) is 20.4 Å². The van der Waals surface area contributed by atoms with Crippen LogP contribution in [-0.2, 0) is 0 Å². The molecule has 2 heterocycles. The van der Waals surface area contributed by atoms with Crippen molar-refractivity contribution in [3.63, 3.8) is 0 Å². The number of benzene rings is 1. The topological polar surface area (TPSA) is 49.2 Å². The molecule has 0 aliphatic carbocycles. The molecule has 2 aromatic heterocycles. The monoisotopic (exact) mass is 415 g/mol. The first-order chi connectivity index (χ1) is 10.2. The summed E-state index contributed by atoms with van der Waals surface area (Å²) >= 11 is 8.39. The molecule has 0 bridgehead atoms. The highest BCUT2D eigenvalue weighted by molar-refractivity contribution is 14.1. The Morgan fingerprint density at radius 2 is 2.00 bits per heavy atom. The normalized spacial score (nSPS) is 10.9.